The minimum atomic E-state index is 0.692. The van der Waals surface area contributed by atoms with Crippen LogP contribution in [0.2, 0.25) is 0 Å². The zero-order chi connectivity index (χ0) is 10.9. The Bertz CT molecular complexity index is 248. The highest BCUT2D eigenvalue weighted by atomic mass is 16.7. The van der Waals surface area contributed by atoms with Crippen molar-refractivity contribution in [2.45, 2.75) is 39.5 Å². The smallest absolute Gasteiger partial charge is 0.222 e. The fraction of sp³-hybridized carbons (Fsp3) is 0.615. The van der Waals surface area contributed by atoms with Crippen molar-refractivity contribution in [1.82, 2.24) is 0 Å². The van der Waals surface area contributed by atoms with Crippen molar-refractivity contribution in [2.24, 2.45) is 5.92 Å². The first-order valence-corrected chi connectivity index (χ1v) is 5.96. The molecule has 1 aromatic heterocycles. The van der Waals surface area contributed by atoms with Gasteiger partial charge in [-0.25, -0.2) is 0 Å². The SMILES string of the molecule is CCCCC(CC)CO[n+]1ccccc1. The van der Waals surface area contributed by atoms with Crippen molar-refractivity contribution in [3.63, 3.8) is 0 Å². The van der Waals surface area contributed by atoms with Crippen LogP contribution in [-0.4, -0.2) is 6.61 Å². The average Bonchev–Trinajstić information content (AvgIpc) is 2.31. The van der Waals surface area contributed by atoms with E-state index >= 15 is 0 Å². The lowest BCUT2D eigenvalue weighted by Crippen LogP contribution is -2.43. The molecule has 1 atom stereocenters. The molecule has 1 heterocycles. The highest BCUT2D eigenvalue weighted by Gasteiger charge is 2.09. The molecule has 0 amide bonds. The van der Waals surface area contributed by atoms with Crippen molar-refractivity contribution in [3.8, 4) is 0 Å². The van der Waals surface area contributed by atoms with Gasteiger partial charge in [-0.3, -0.25) is 4.84 Å². The van der Waals surface area contributed by atoms with Gasteiger partial charge >= 0.3 is 0 Å². The van der Waals surface area contributed by atoms with Gasteiger partial charge in [0.2, 0.25) is 12.4 Å². The maximum atomic E-state index is 5.67. The van der Waals surface area contributed by atoms with E-state index < -0.39 is 0 Å². The summed E-state index contributed by atoms with van der Waals surface area (Å²) >= 11 is 0. The summed E-state index contributed by atoms with van der Waals surface area (Å²) in [5.41, 5.74) is 0. The van der Waals surface area contributed by atoms with E-state index in [0.717, 1.165) is 6.61 Å². The third-order valence-electron chi connectivity index (χ3n) is 2.69. The van der Waals surface area contributed by atoms with E-state index in [0.29, 0.717) is 5.92 Å². The molecule has 0 bridgehead atoms. The molecule has 1 rings (SSSR count). The molecule has 84 valence electrons. The molecule has 0 spiro atoms. The lowest BCUT2D eigenvalue weighted by atomic mass is 10.0. The fourth-order valence-electron chi connectivity index (χ4n) is 1.56. The zero-order valence-electron chi connectivity index (χ0n) is 9.86. The van der Waals surface area contributed by atoms with Crippen LogP contribution >= 0.6 is 0 Å². The van der Waals surface area contributed by atoms with Crippen molar-refractivity contribution in [2.75, 3.05) is 6.61 Å². The summed E-state index contributed by atoms with van der Waals surface area (Å²) in [5.74, 6) is 0.692. The largest absolute Gasteiger partial charge is 0.271 e. The maximum absolute atomic E-state index is 5.67. The predicted octanol–water partition coefficient (Wildman–Crippen LogP) is 2.62. The number of unbranched alkanes of at least 4 members (excludes halogenated alkanes) is 1. The Morgan fingerprint density at radius 3 is 2.47 bits per heavy atom. The van der Waals surface area contributed by atoms with Crippen molar-refractivity contribution in [1.29, 1.82) is 0 Å². The molecule has 2 nitrogen and oxygen atoms in total. The highest BCUT2D eigenvalue weighted by Crippen LogP contribution is 2.11. The average molecular weight is 208 g/mol. The predicted molar refractivity (Wildman–Crippen MR) is 61.4 cm³/mol. The zero-order valence-corrected chi connectivity index (χ0v) is 9.86. The van der Waals surface area contributed by atoms with Crippen LogP contribution in [0.4, 0.5) is 0 Å². The maximum Gasteiger partial charge on any atom is 0.222 e. The standard InChI is InChI=1S/C13H22NO/c1-3-5-9-13(4-2)12-15-14-10-7-6-8-11-14/h6-8,10-11,13H,3-5,9,12H2,1-2H3/q+1. The molecule has 0 aromatic carbocycles. The summed E-state index contributed by atoms with van der Waals surface area (Å²) in [6, 6.07) is 5.95. The molecule has 15 heavy (non-hydrogen) atoms. The van der Waals surface area contributed by atoms with Crippen LogP contribution in [0.3, 0.4) is 0 Å². The quantitative estimate of drug-likeness (QED) is 0.628. The normalized spacial score (nSPS) is 12.4. The number of nitrogens with zero attached hydrogens (tertiary/aromatic N) is 1. The van der Waals surface area contributed by atoms with Gasteiger partial charge in [0.05, 0.1) is 0 Å². The van der Waals surface area contributed by atoms with Gasteiger partial charge in [0.25, 0.3) is 0 Å². The Hall–Kier alpha value is -1.05. The summed E-state index contributed by atoms with van der Waals surface area (Å²) in [6.45, 7) is 5.30. The first-order valence-electron chi connectivity index (χ1n) is 5.96. The third-order valence-corrected chi connectivity index (χ3v) is 2.69. The van der Waals surface area contributed by atoms with Crippen LogP contribution in [0.1, 0.15) is 39.5 Å². The lowest BCUT2D eigenvalue weighted by Gasteiger charge is -2.10. The van der Waals surface area contributed by atoms with Crippen LogP contribution in [-0.2, 0) is 0 Å². The van der Waals surface area contributed by atoms with E-state index in [9.17, 15) is 0 Å². The summed E-state index contributed by atoms with van der Waals surface area (Å²) in [4.78, 5) is 5.67. The first-order chi connectivity index (χ1) is 7.36. The first kappa shape index (κ1) is 12.0. The van der Waals surface area contributed by atoms with Gasteiger partial charge in [-0.05, 0) is 18.8 Å². The summed E-state index contributed by atoms with van der Waals surface area (Å²) in [7, 11) is 0. The summed E-state index contributed by atoms with van der Waals surface area (Å²) in [6.07, 6.45) is 8.93. The molecule has 2 heteroatoms. The van der Waals surface area contributed by atoms with E-state index in [1.54, 1.807) is 4.73 Å². The van der Waals surface area contributed by atoms with E-state index in [1.807, 2.05) is 30.6 Å². The molecule has 0 aliphatic rings. The molecule has 1 unspecified atom stereocenters. The Balaban J connectivity index is 2.28. The monoisotopic (exact) mass is 208 g/mol. The van der Waals surface area contributed by atoms with E-state index in [2.05, 4.69) is 13.8 Å². The minimum absolute atomic E-state index is 0.692. The molecular weight excluding hydrogens is 186 g/mol. The van der Waals surface area contributed by atoms with E-state index in [1.165, 1.54) is 25.7 Å². The van der Waals surface area contributed by atoms with Crippen molar-refractivity contribution in [3.05, 3.63) is 30.6 Å². The molecule has 0 aliphatic heterocycles. The second-order valence-corrected chi connectivity index (χ2v) is 3.95. The molecule has 0 saturated heterocycles. The topological polar surface area (TPSA) is 13.1 Å². The van der Waals surface area contributed by atoms with Gasteiger partial charge < -0.3 is 0 Å². The molecular formula is C13H22NO+. The second kappa shape index (κ2) is 7.27. The number of hydrogen-bond donors (Lipinski definition) is 0. The van der Waals surface area contributed by atoms with Crippen molar-refractivity contribution >= 4 is 0 Å². The van der Waals surface area contributed by atoms with Gasteiger partial charge in [-0.2, -0.15) is 0 Å². The Kier molecular flexibility index (Phi) is 5.83. The third kappa shape index (κ3) is 4.82. The van der Waals surface area contributed by atoms with Crippen LogP contribution in [0.15, 0.2) is 30.6 Å². The summed E-state index contributed by atoms with van der Waals surface area (Å²) in [5, 5.41) is 0. The number of hydrogen-bond acceptors (Lipinski definition) is 1. The van der Waals surface area contributed by atoms with E-state index in [4.69, 9.17) is 4.84 Å². The van der Waals surface area contributed by atoms with Gasteiger partial charge in [0.1, 0.15) is 0 Å². The minimum Gasteiger partial charge on any atom is -0.271 e. The highest BCUT2D eigenvalue weighted by molar-refractivity contribution is 4.83. The molecule has 0 aliphatic carbocycles. The molecule has 1 aromatic rings. The second-order valence-electron chi connectivity index (χ2n) is 3.95. The van der Waals surface area contributed by atoms with Crippen LogP contribution in [0.5, 0.6) is 0 Å². The van der Waals surface area contributed by atoms with Gasteiger partial charge in [0.15, 0.2) is 6.61 Å². The van der Waals surface area contributed by atoms with Crippen LogP contribution < -0.4 is 9.57 Å². The Morgan fingerprint density at radius 2 is 1.87 bits per heavy atom. The van der Waals surface area contributed by atoms with Gasteiger partial charge in [-0.15, -0.1) is 0 Å². The van der Waals surface area contributed by atoms with E-state index in [-0.39, 0.29) is 0 Å². The summed E-state index contributed by atoms with van der Waals surface area (Å²) < 4.78 is 1.79. The fourth-order valence-corrected chi connectivity index (χ4v) is 1.56. The Morgan fingerprint density at radius 1 is 1.13 bits per heavy atom. The molecule has 0 radical (unpaired) electrons. The number of aromatic nitrogens is 1. The van der Waals surface area contributed by atoms with Crippen molar-refractivity contribution < 1.29 is 9.57 Å². The lowest BCUT2D eigenvalue weighted by molar-refractivity contribution is -0.892. The number of rotatable bonds is 7. The van der Waals surface area contributed by atoms with Gasteiger partial charge in [-0.1, -0.05) is 32.8 Å². The van der Waals surface area contributed by atoms with Crippen LogP contribution in [0.25, 0.3) is 0 Å². The van der Waals surface area contributed by atoms with Crippen LogP contribution in [0, 0.1) is 5.92 Å². The molecule has 0 saturated carbocycles. The molecule has 0 fully saturated rings. The van der Waals surface area contributed by atoms with Gasteiger partial charge in [0, 0.05) is 16.9 Å². The number of pyridine rings is 1. The molecule has 0 N–H and O–H groups in total. The Labute approximate surface area is 92.8 Å².